The monoisotopic (exact) mass is 289 g/mol. The number of nitrogens with zero attached hydrogens (tertiary/aromatic N) is 4. The van der Waals surface area contributed by atoms with E-state index in [0.717, 1.165) is 18.7 Å². The number of rotatable bonds is 3. The molecule has 1 N–H and O–H groups in total. The third kappa shape index (κ3) is 3.93. The normalized spacial score (nSPS) is 15.1. The minimum atomic E-state index is -0.0353. The van der Waals surface area contributed by atoms with Gasteiger partial charge in [-0.05, 0) is 26.3 Å². The molecule has 0 saturated heterocycles. The maximum atomic E-state index is 12.2. The van der Waals surface area contributed by atoms with Crippen molar-refractivity contribution < 1.29 is 4.79 Å². The number of nitrogens with one attached hydrogen (secondary N) is 1. The van der Waals surface area contributed by atoms with Gasteiger partial charge in [0.05, 0.1) is 12.2 Å². The van der Waals surface area contributed by atoms with E-state index in [9.17, 15) is 4.79 Å². The summed E-state index contributed by atoms with van der Waals surface area (Å²) in [6.07, 6.45) is 2.67. The van der Waals surface area contributed by atoms with Gasteiger partial charge < -0.3 is 15.1 Å². The molecule has 0 radical (unpaired) electrons. The molecule has 1 aliphatic heterocycles. The summed E-state index contributed by atoms with van der Waals surface area (Å²) in [5.74, 6) is 0.647. The number of anilines is 1. The third-order valence-corrected chi connectivity index (χ3v) is 3.72. The van der Waals surface area contributed by atoms with Gasteiger partial charge >= 0.3 is 6.03 Å². The van der Waals surface area contributed by atoms with E-state index < -0.39 is 0 Å². The fourth-order valence-corrected chi connectivity index (χ4v) is 2.17. The second kappa shape index (κ2) is 6.56. The Morgan fingerprint density at radius 3 is 2.81 bits per heavy atom. The van der Waals surface area contributed by atoms with E-state index in [1.165, 1.54) is 11.1 Å². The van der Waals surface area contributed by atoms with Gasteiger partial charge in [0.15, 0.2) is 0 Å². The van der Waals surface area contributed by atoms with Crippen LogP contribution in [0.4, 0.5) is 10.7 Å². The second-order valence-electron chi connectivity index (χ2n) is 5.63. The molecule has 0 saturated carbocycles. The highest BCUT2D eigenvalue weighted by molar-refractivity contribution is 5.74. The van der Waals surface area contributed by atoms with E-state index in [-0.39, 0.29) is 6.03 Å². The Bertz CT molecular complexity index is 553. The van der Waals surface area contributed by atoms with Crippen molar-refractivity contribution in [1.29, 1.82) is 0 Å². The molecule has 1 aliphatic rings. The van der Waals surface area contributed by atoms with Gasteiger partial charge in [0, 0.05) is 33.4 Å². The Labute approximate surface area is 125 Å². The molecular weight excluding hydrogens is 266 g/mol. The van der Waals surface area contributed by atoms with E-state index in [4.69, 9.17) is 0 Å². The standard InChI is InChI=1S/C15H23N5O/c1-11-6-8-20(10-12(11)2)15(21)17-9-13-5-7-16-14(18-13)19(3)4/h5,7H,6,8-10H2,1-4H3,(H,17,21). The molecule has 0 fully saturated rings. The summed E-state index contributed by atoms with van der Waals surface area (Å²) in [5, 5.41) is 2.93. The van der Waals surface area contributed by atoms with Crippen LogP contribution in [0.1, 0.15) is 26.0 Å². The van der Waals surface area contributed by atoms with Crippen LogP contribution in [0.2, 0.25) is 0 Å². The minimum absolute atomic E-state index is 0.0353. The van der Waals surface area contributed by atoms with E-state index in [1.807, 2.05) is 30.0 Å². The van der Waals surface area contributed by atoms with Crippen molar-refractivity contribution in [2.75, 3.05) is 32.1 Å². The zero-order chi connectivity index (χ0) is 15.4. The lowest BCUT2D eigenvalue weighted by atomic mass is 10.0. The highest BCUT2D eigenvalue weighted by Gasteiger charge is 2.18. The molecule has 2 heterocycles. The lowest BCUT2D eigenvalue weighted by Crippen LogP contribution is -2.43. The minimum Gasteiger partial charge on any atom is -0.347 e. The molecule has 0 aliphatic carbocycles. The first-order chi connectivity index (χ1) is 9.97. The quantitative estimate of drug-likeness (QED) is 0.862. The summed E-state index contributed by atoms with van der Waals surface area (Å²) in [7, 11) is 3.78. The molecular formula is C15H23N5O. The third-order valence-electron chi connectivity index (χ3n) is 3.72. The summed E-state index contributed by atoms with van der Waals surface area (Å²) in [4.78, 5) is 24.4. The molecule has 6 heteroatoms. The Hall–Kier alpha value is -2.11. The first-order valence-electron chi connectivity index (χ1n) is 7.14. The van der Waals surface area contributed by atoms with Gasteiger partial charge in [-0.15, -0.1) is 0 Å². The predicted molar refractivity (Wildman–Crippen MR) is 83.2 cm³/mol. The van der Waals surface area contributed by atoms with Crippen LogP contribution < -0.4 is 10.2 Å². The zero-order valence-electron chi connectivity index (χ0n) is 13.2. The maximum Gasteiger partial charge on any atom is 0.318 e. The number of carbonyl (C=O) groups excluding carboxylic acids is 1. The topological polar surface area (TPSA) is 61.4 Å². The van der Waals surface area contributed by atoms with Gasteiger partial charge in [-0.2, -0.15) is 0 Å². The first kappa shape index (κ1) is 15.3. The summed E-state index contributed by atoms with van der Waals surface area (Å²) in [6.45, 7) is 6.13. The molecule has 0 unspecified atom stereocenters. The molecule has 2 rings (SSSR count). The molecule has 6 nitrogen and oxygen atoms in total. The number of carbonyl (C=O) groups is 1. The zero-order valence-corrected chi connectivity index (χ0v) is 13.2. The van der Waals surface area contributed by atoms with Crippen LogP contribution in [0.25, 0.3) is 0 Å². The smallest absolute Gasteiger partial charge is 0.318 e. The molecule has 1 aromatic rings. The van der Waals surface area contributed by atoms with Gasteiger partial charge in [-0.25, -0.2) is 14.8 Å². The summed E-state index contributed by atoms with van der Waals surface area (Å²) >= 11 is 0. The van der Waals surface area contributed by atoms with Crippen molar-refractivity contribution >= 4 is 12.0 Å². The summed E-state index contributed by atoms with van der Waals surface area (Å²) < 4.78 is 0. The Balaban J connectivity index is 1.91. The van der Waals surface area contributed by atoms with Gasteiger partial charge in [0.25, 0.3) is 0 Å². The average molecular weight is 289 g/mol. The van der Waals surface area contributed by atoms with Crippen molar-refractivity contribution in [3.05, 3.63) is 29.1 Å². The number of aromatic nitrogens is 2. The van der Waals surface area contributed by atoms with Crippen LogP contribution in [0.3, 0.4) is 0 Å². The Morgan fingerprint density at radius 1 is 1.38 bits per heavy atom. The predicted octanol–water partition coefficient (Wildman–Crippen LogP) is 1.79. The molecule has 114 valence electrons. The highest BCUT2D eigenvalue weighted by atomic mass is 16.2. The average Bonchev–Trinajstić information content (AvgIpc) is 2.48. The van der Waals surface area contributed by atoms with E-state index in [0.29, 0.717) is 19.0 Å². The first-order valence-corrected chi connectivity index (χ1v) is 7.14. The van der Waals surface area contributed by atoms with Crippen molar-refractivity contribution in [3.63, 3.8) is 0 Å². The number of hydrogen-bond donors (Lipinski definition) is 1. The van der Waals surface area contributed by atoms with Crippen molar-refractivity contribution in [3.8, 4) is 0 Å². The summed E-state index contributed by atoms with van der Waals surface area (Å²) in [6, 6.07) is 1.78. The van der Waals surface area contributed by atoms with Crippen LogP contribution in [-0.4, -0.2) is 48.1 Å². The van der Waals surface area contributed by atoms with Gasteiger partial charge in [0.2, 0.25) is 5.95 Å². The van der Waals surface area contributed by atoms with Crippen molar-refractivity contribution in [2.24, 2.45) is 0 Å². The second-order valence-corrected chi connectivity index (χ2v) is 5.63. The molecule has 0 atom stereocenters. The molecule has 0 aromatic carbocycles. The van der Waals surface area contributed by atoms with Crippen LogP contribution >= 0.6 is 0 Å². The largest absolute Gasteiger partial charge is 0.347 e. The van der Waals surface area contributed by atoms with Crippen molar-refractivity contribution in [2.45, 2.75) is 26.8 Å². The summed E-state index contributed by atoms with van der Waals surface area (Å²) in [5.41, 5.74) is 3.49. The van der Waals surface area contributed by atoms with Crippen LogP contribution in [0.5, 0.6) is 0 Å². The van der Waals surface area contributed by atoms with Crippen LogP contribution in [0, 0.1) is 0 Å². The van der Waals surface area contributed by atoms with Crippen LogP contribution in [0.15, 0.2) is 23.4 Å². The maximum absolute atomic E-state index is 12.2. The molecule has 2 amide bonds. The number of hydrogen-bond acceptors (Lipinski definition) is 4. The highest BCUT2D eigenvalue weighted by Crippen LogP contribution is 2.16. The number of amides is 2. The molecule has 0 bridgehead atoms. The number of urea groups is 1. The molecule has 21 heavy (non-hydrogen) atoms. The Morgan fingerprint density at radius 2 is 2.14 bits per heavy atom. The van der Waals surface area contributed by atoms with Gasteiger partial charge in [-0.3, -0.25) is 0 Å². The fourth-order valence-electron chi connectivity index (χ4n) is 2.17. The fraction of sp³-hybridized carbons (Fsp3) is 0.533. The van der Waals surface area contributed by atoms with E-state index >= 15 is 0 Å². The molecule has 0 spiro atoms. The van der Waals surface area contributed by atoms with Crippen LogP contribution in [-0.2, 0) is 6.54 Å². The van der Waals surface area contributed by atoms with E-state index in [2.05, 4.69) is 29.1 Å². The lowest BCUT2D eigenvalue weighted by Gasteiger charge is -2.28. The van der Waals surface area contributed by atoms with Gasteiger partial charge in [0.1, 0.15) is 0 Å². The SMILES string of the molecule is CC1=C(C)CN(C(=O)NCc2ccnc(N(C)C)n2)CC1. The van der Waals surface area contributed by atoms with Crippen molar-refractivity contribution in [1.82, 2.24) is 20.2 Å². The van der Waals surface area contributed by atoms with E-state index in [1.54, 1.807) is 6.20 Å². The lowest BCUT2D eigenvalue weighted by molar-refractivity contribution is 0.199. The van der Waals surface area contributed by atoms with Gasteiger partial charge in [-0.1, -0.05) is 11.1 Å². The Kier molecular flexibility index (Phi) is 4.77. The molecule has 1 aromatic heterocycles.